The molecule has 2 N–H and O–H groups in total. The molecule has 27 heavy (non-hydrogen) atoms. The quantitative estimate of drug-likeness (QED) is 0.768. The summed E-state index contributed by atoms with van der Waals surface area (Å²) in [6.45, 7) is 2.19. The Morgan fingerprint density at radius 2 is 2.26 bits per heavy atom. The van der Waals surface area contributed by atoms with Crippen molar-refractivity contribution in [1.82, 2.24) is 9.55 Å². The summed E-state index contributed by atoms with van der Waals surface area (Å²) in [5.74, 6) is -0.270. The molecule has 0 bridgehead atoms. The van der Waals surface area contributed by atoms with E-state index in [9.17, 15) is 10.1 Å². The molecule has 4 heterocycles. The zero-order valence-electron chi connectivity index (χ0n) is 14.5. The van der Waals surface area contributed by atoms with Crippen molar-refractivity contribution in [1.29, 1.82) is 5.26 Å². The van der Waals surface area contributed by atoms with Crippen molar-refractivity contribution >= 4 is 0 Å². The van der Waals surface area contributed by atoms with Crippen LogP contribution in [0, 0.1) is 18.3 Å². The van der Waals surface area contributed by atoms with Crippen LogP contribution in [-0.4, -0.2) is 9.55 Å². The predicted octanol–water partition coefficient (Wildman–Crippen LogP) is 2.41. The van der Waals surface area contributed by atoms with Gasteiger partial charge in [-0.3, -0.25) is 9.78 Å². The van der Waals surface area contributed by atoms with Crippen molar-refractivity contribution in [2.45, 2.75) is 19.4 Å². The molecule has 1 aliphatic rings. The number of nitrogens with zero attached hydrogens (tertiary/aromatic N) is 3. The number of pyridine rings is 2. The molecule has 4 rings (SSSR count). The van der Waals surface area contributed by atoms with Crippen LogP contribution < -0.4 is 16.0 Å². The molecule has 0 saturated carbocycles. The summed E-state index contributed by atoms with van der Waals surface area (Å²) in [6, 6.07) is 9.28. The standard InChI is InChI=1S/C20H16N4O3/c1-12-7-16-18(20(25)24(12)10-13-3-2-5-23-9-13)17(14-4-6-26-11-14)15(8-21)19(22)27-16/h2-7,9,11,17H,10,22H2,1H3/t17-/m1/s1. The average Bonchev–Trinajstić information content (AvgIpc) is 3.19. The second-order valence-electron chi connectivity index (χ2n) is 6.30. The molecule has 0 amide bonds. The van der Waals surface area contributed by atoms with Crippen LogP contribution in [0.5, 0.6) is 5.75 Å². The molecule has 0 fully saturated rings. The van der Waals surface area contributed by atoms with Gasteiger partial charge in [0.2, 0.25) is 5.88 Å². The molecule has 7 nitrogen and oxygen atoms in total. The second-order valence-corrected chi connectivity index (χ2v) is 6.30. The number of nitriles is 1. The van der Waals surface area contributed by atoms with Crippen LogP contribution in [0.25, 0.3) is 0 Å². The molecule has 3 aromatic heterocycles. The summed E-state index contributed by atoms with van der Waals surface area (Å²) in [6.07, 6.45) is 6.41. The van der Waals surface area contributed by atoms with Crippen molar-refractivity contribution < 1.29 is 9.15 Å². The third kappa shape index (κ3) is 2.77. The highest BCUT2D eigenvalue weighted by Crippen LogP contribution is 2.40. The maximum Gasteiger partial charge on any atom is 0.259 e. The molecular formula is C20H16N4O3. The molecule has 0 aromatic carbocycles. The van der Waals surface area contributed by atoms with Gasteiger partial charge in [-0.15, -0.1) is 0 Å². The van der Waals surface area contributed by atoms with Gasteiger partial charge >= 0.3 is 0 Å². The number of aryl methyl sites for hydroxylation is 1. The molecule has 1 atom stereocenters. The first-order chi connectivity index (χ1) is 13.1. The lowest BCUT2D eigenvalue weighted by Gasteiger charge is -2.26. The fourth-order valence-electron chi connectivity index (χ4n) is 3.33. The average molecular weight is 360 g/mol. The van der Waals surface area contributed by atoms with Gasteiger partial charge in [-0.05, 0) is 24.6 Å². The predicted molar refractivity (Wildman–Crippen MR) is 96.8 cm³/mol. The van der Waals surface area contributed by atoms with Crippen LogP contribution in [0.15, 0.2) is 69.9 Å². The summed E-state index contributed by atoms with van der Waals surface area (Å²) in [5.41, 5.74) is 8.57. The van der Waals surface area contributed by atoms with Gasteiger partial charge in [-0.1, -0.05) is 6.07 Å². The van der Waals surface area contributed by atoms with E-state index in [4.69, 9.17) is 14.9 Å². The minimum atomic E-state index is -0.634. The number of allylic oxidation sites excluding steroid dienone is 1. The van der Waals surface area contributed by atoms with Gasteiger partial charge in [0.05, 0.1) is 30.6 Å². The normalized spacial score (nSPS) is 15.8. The molecule has 0 spiro atoms. The van der Waals surface area contributed by atoms with Gasteiger partial charge in [0, 0.05) is 29.7 Å². The summed E-state index contributed by atoms with van der Waals surface area (Å²) < 4.78 is 12.4. The SMILES string of the molecule is Cc1cc2c(c(=O)n1Cc1cccnc1)[C@H](c1ccoc1)C(C#N)=C(N)O2. The van der Waals surface area contributed by atoms with Gasteiger partial charge in [0.15, 0.2) is 0 Å². The molecule has 0 aliphatic carbocycles. The number of hydrogen-bond acceptors (Lipinski definition) is 6. The molecule has 0 unspecified atom stereocenters. The summed E-state index contributed by atoms with van der Waals surface area (Å²) in [7, 11) is 0. The van der Waals surface area contributed by atoms with Gasteiger partial charge in [0.25, 0.3) is 5.56 Å². The number of fused-ring (bicyclic) bond motifs is 1. The maximum absolute atomic E-state index is 13.4. The van der Waals surface area contributed by atoms with E-state index < -0.39 is 5.92 Å². The topological polar surface area (TPSA) is 107 Å². The van der Waals surface area contributed by atoms with Crippen LogP contribution in [0.2, 0.25) is 0 Å². The third-order valence-corrected chi connectivity index (χ3v) is 4.63. The van der Waals surface area contributed by atoms with Gasteiger partial charge < -0.3 is 19.5 Å². The van der Waals surface area contributed by atoms with E-state index in [1.807, 2.05) is 19.1 Å². The van der Waals surface area contributed by atoms with Crippen LogP contribution in [0.3, 0.4) is 0 Å². The van der Waals surface area contributed by atoms with Crippen LogP contribution >= 0.6 is 0 Å². The van der Waals surface area contributed by atoms with Gasteiger partial charge in [-0.25, -0.2) is 0 Å². The molecular weight excluding hydrogens is 344 g/mol. The van der Waals surface area contributed by atoms with Crippen molar-refractivity contribution in [3.63, 3.8) is 0 Å². The second kappa shape index (κ2) is 6.50. The Labute approximate surface area is 154 Å². The minimum Gasteiger partial charge on any atom is -0.472 e. The molecule has 3 aromatic rings. The first-order valence-corrected chi connectivity index (χ1v) is 8.33. The van der Waals surface area contributed by atoms with E-state index in [0.717, 1.165) is 11.3 Å². The van der Waals surface area contributed by atoms with E-state index in [1.54, 1.807) is 29.1 Å². The fraction of sp³-hybridized carbons (Fsp3) is 0.150. The van der Waals surface area contributed by atoms with E-state index in [1.165, 1.54) is 12.5 Å². The Hall–Kier alpha value is -3.79. The highest BCUT2D eigenvalue weighted by atomic mass is 16.5. The van der Waals surface area contributed by atoms with Gasteiger partial charge in [0.1, 0.15) is 17.4 Å². The largest absolute Gasteiger partial charge is 0.472 e. The van der Waals surface area contributed by atoms with Crippen LogP contribution in [-0.2, 0) is 6.54 Å². The summed E-state index contributed by atoms with van der Waals surface area (Å²) in [5, 5.41) is 9.59. The lowest BCUT2D eigenvalue weighted by Crippen LogP contribution is -2.32. The number of hydrogen-bond donors (Lipinski definition) is 1. The summed E-state index contributed by atoms with van der Waals surface area (Å²) >= 11 is 0. The molecule has 0 saturated heterocycles. The maximum atomic E-state index is 13.4. The monoisotopic (exact) mass is 360 g/mol. The fourth-order valence-corrected chi connectivity index (χ4v) is 3.33. The van der Waals surface area contributed by atoms with Crippen molar-refractivity contribution in [3.8, 4) is 11.8 Å². The number of ether oxygens (including phenoxy) is 1. The number of furan rings is 1. The zero-order valence-corrected chi connectivity index (χ0v) is 14.5. The number of nitrogens with two attached hydrogens (primary N) is 1. The Morgan fingerprint density at radius 3 is 2.93 bits per heavy atom. The first kappa shape index (κ1) is 16.7. The molecule has 7 heteroatoms. The Morgan fingerprint density at radius 1 is 1.41 bits per heavy atom. The third-order valence-electron chi connectivity index (χ3n) is 4.63. The Bertz CT molecular complexity index is 1120. The van der Waals surface area contributed by atoms with Crippen molar-refractivity contribution in [2.75, 3.05) is 0 Å². The van der Waals surface area contributed by atoms with Crippen LogP contribution in [0.4, 0.5) is 0 Å². The number of aromatic nitrogens is 2. The molecule has 0 radical (unpaired) electrons. The molecule has 134 valence electrons. The lowest BCUT2D eigenvalue weighted by molar-refractivity contribution is 0.388. The Kier molecular flexibility index (Phi) is 4.01. The highest BCUT2D eigenvalue weighted by molar-refractivity contribution is 5.54. The highest BCUT2D eigenvalue weighted by Gasteiger charge is 2.34. The van der Waals surface area contributed by atoms with E-state index in [0.29, 0.717) is 23.4 Å². The number of rotatable bonds is 3. The van der Waals surface area contributed by atoms with Crippen LogP contribution in [0.1, 0.15) is 28.3 Å². The minimum absolute atomic E-state index is 0.00000868. The van der Waals surface area contributed by atoms with E-state index in [-0.39, 0.29) is 17.0 Å². The lowest BCUT2D eigenvalue weighted by atomic mass is 9.85. The molecule has 1 aliphatic heterocycles. The van der Waals surface area contributed by atoms with Gasteiger partial charge in [-0.2, -0.15) is 5.26 Å². The van der Waals surface area contributed by atoms with E-state index in [2.05, 4.69) is 11.1 Å². The van der Waals surface area contributed by atoms with Crippen molar-refractivity contribution in [3.05, 3.63) is 93.4 Å². The van der Waals surface area contributed by atoms with E-state index >= 15 is 0 Å². The van der Waals surface area contributed by atoms with Crippen molar-refractivity contribution in [2.24, 2.45) is 5.73 Å². The summed E-state index contributed by atoms with van der Waals surface area (Å²) in [4.78, 5) is 17.5. The zero-order chi connectivity index (χ0) is 19.0. The Balaban J connectivity index is 1.92. The smallest absolute Gasteiger partial charge is 0.259 e. The first-order valence-electron chi connectivity index (χ1n) is 8.33.